The molecule has 0 heterocycles. The van der Waals surface area contributed by atoms with E-state index in [-0.39, 0.29) is 12.5 Å². The summed E-state index contributed by atoms with van der Waals surface area (Å²) in [5.41, 5.74) is 5.39. The Morgan fingerprint density at radius 2 is 1.47 bits per heavy atom. The normalized spacial score (nSPS) is 10.3. The van der Waals surface area contributed by atoms with Gasteiger partial charge in [0.2, 0.25) is 5.91 Å². The van der Waals surface area contributed by atoms with E-state index in [1.165, 1.54) is 25.7 Å². The van der Waals surface area contributed by atoms with Gasteiger partial charge in [-0.15, -0.1) is 0 Å². The van der Waals surface area contributed by atoms with E-state index in [2.05, 4.69) is 13.8 Å². The molecule has 15 heavy (non-hydrogen) atoms. The molecule has 0 saturated heterocycles. The Kier molecular flexibility index (Phi) is 9.59. The van der Waals surface area contributed by atoms with Gasteiger partial charge in [0.05, 0.1) is 6.54 Å². The molecule has 0 aromatic carbocycles. The minimum atomic E-state index is 0.0993. The second kappa shape index (κ2) is 9.97. The zero-order chi connectivity index (χ0) is 11.5. The number of rotatable bonds is 9. The molecule has 3 nitrogen and oxygen atoms in total. The summed E-state index contributed by atoms with van der Waals surface area (Å²) in [7, 11) is 0. The van der Waals surface area contributed by atoms with E-state index in [9.17, 15) is 4.79 Å². The number of nitrogens with two attached hydrogens (primary N) is 1. The van der Waals surface area contributed by atoms with Crippen molar-refractivity contribution in [3.63, 3.8) is 0 Å². The molecule has 0 aromatic rings. The molecule has 1 amide bonds. The summed E-state index contributed by atoms with van der Waals surface area (Å²) in [6.45, 7) is 6.26. The number of carbonyl (C=O) groups excluding carboxylic acids is 1. The third-order valence-corrected chi connectivity index (χ3v) is 2.59. The topological polar surface area (TPSA) is 46.3 Å². The number of nitrogens with zero attached hydrogens (tertiary/aromatic N) is 1. The van der Waals surface area contributed by atoms with Crippen molar-refractivity contribution in [2.45, 2.75) is 52.4 Å². The third-order valence-electron chi connectivity index (χ3n) is 2.59. The van der Waals surface area contributed by atoms with Crippen LogP contribution in [0.2, 0.25) is 0 Å². The first-order chi connectivity index (χ1) is 7.26. The molecule has 0 spiro atoms. The molecule has 0 fully saturated rings. The lowest BCUT2D eigenvalue weighted by Gasteiger charge is -2.21. The fourth-order valence-corrected chi connectivity index (χ4v) is 1.60. The van der Waals surface area contributed by atoms with Crippen LogP contribution in [-0.2, 0) is 4.79 Å². The fraction of sp³-hybridized carbons (Fsp3) is 0.917. The highest BCUT2D eigenvalue weighted by molar-refractivity contribution is 5.77. The van der Waals surface area contributed by atoms with Crippen molar-refractivity contribution in [2.75, 3.05) is 19.6 Å². The van der Waals surface area contributed by atoms with Gasteiger partial charge in [-0.1, -0.05) is 39.5 Å². The van der Waals surface area contributed by atoms with Gasteiger partial charge in [-0.3, -0.25) is 4.79 Å². The smallest absolute Gasteiger partial charge is 0.236 e. The minimum Gasteiger partial charge on any atom is -0.342 e. The van der Waals surface area contributed by atoms with Crippen LogP contribution in [0.15, 0.2) is 0 Å². The maximum atomic E-state index is 11.5. The van der Waals surface area contributed by atoms with Gasteiger partial charge in [0.25, 0.3) is 0 Å². The second-order valence-electron chi connectivity index (χ2n) is 4.00. The van der Waals surface area contributed by atoms with E-state index in [0.29, 0.717) is 0 Å². The van der Waals surface area contributed by atoms with Crippen LogP contribution in [0.25, 0.3) is 0 Å². The lowest BCUT2D eigenvalue weighted by Crippen LogP contribution is -2.37. The Bertz CT molecular complexity index is 150. The van der Waals surface area contributed by atoms with Crippen LogP contribution >= 0.6 is 0 Å². The lowest BCUT2D eigenvalue weighted by molar-refractivity contribution is -0.129. The Labute approximate surface area is 94.0 Å². The monoisotopic (exact) mass is 214 g/mol. The molecule has 0 saturated carbocycles. The zero-order valence-electron chi connectivity index (χ0n) is 10.3. The van der Waals surface area contributed by atoms with Crippen LogP contribution < -0.4 is 5.73 Å². The van der Waals surface area contributed by atoms with Crippen molar-refractivity contribution in [3.8, 4) is 0 Å². The Hall–Kier alpha value is -0.570. The standard InChI is InChI=1S/C12H26N2O/c1-3-5-7-9-14(12(15)11-13)10-8-6-4-2/h3-11,13H2,1-2H3. The SMILES string of the molecule is CCCCCN(CCCCC)C(=O)CN. The van der Waals surface area contributed by atoms with Gasteiger partial charge < -0.3 is 10.6 Å². The number of hydrogen-bond donors (Lipinski definition) is 1. The lowest BCUT2D eigenvalue weighted by atomic mass is 10.2. The summed E-state index contributed by atoms with van der Waals surface area (Å²) in [6.07, 6.45) is 6.99. The Morgan fingerprint density at radius 3 is 1.80 bits per heavy atom. The van der Waals surface area contributed by atoms with Crippen molar-refractivity contribution in [3.05, 3.63) is 0 Å². The van der Waals surface area contributed by atoms with Gasteiger partial charge >= 0.3 is 0 Å². The second-order valence-corrected chi connectivity index (χ2v) is 4.00. The molecule has 0 aliphatic heterocycles. The highest BCUT2D eigenvalue weighted by atomic mass is 16.2. The summed E-state index contributed by atoms with van der Waals surface area (Å²) in [5, 5.41) is 0. The molecule has 0 unspecified atom stereocenters. The quantitative estimate of drug-likeness (QED) is 0.598. The van der Waals surface area contributed by atoms with Crippen LogP contribution in [0, 0.1) is 0 Å². The molecule has 0 aromatic heterocycles. The maximum Gasteiger partial charge on any atom is 0.236 e. The highest BCUT2D eigenvalue weighted by Gasteiger charge is 2.09. The molecule has 0 bridgehead atoms. The molecule has 0 atom stereocenters. The van der Waals surface area contributed by atoms with E-state index in [4.69, 9.17) is 5.73 Å². The summed E-state index contributed by atoms with van der Waals surface area (Å²) in [4.78, 5) is 13.4. The summed E-state index contributed by atoms with van der Waals surface area (Å²) < 4.78 is 0. The molecular formula is C12H26N2O. The number of hydrogen-bond acceptors (Lipinski definition) is 2. The van der Waals surface area contributed by atoms with Gasteiger partial charge in [0.1, 0.15) is 0 Å². The van der Waals surface area contributed by atoms with Crippen molar-refractivity contribution >= 4 is 5.91 Å². The van der Waals surface area contributed by atoms with E-state index < -0.39 is 0 Å². The third kappa shape index (κ3) is 7.37. The molecule has 3 heteroatoms. The minimum absolute atomic E-state index is 0.0993. The van der Waals surface area contributed by atoms with Gasteiger partial charge in [-0.05, 0) is 12.8 Å². The first kappa shape index (κ1) is 14.4. The molecule has 0 rings (SSSR count). The first-order valence-electron chi connectivity index (χ1n) is 6.24. The van der Waals surface area contributed by atoms with Crippen molar-refractivity contribution < 1.29 is 4.79 Å². The number of unbranched alkanes of at least 4 members (excludes halogenated alkanes) is 4. The molecule has 0 aliphatic rings. The average molecular weight is 214 g/mol. The summed E-state index contributed by atoms with van der Waals surface area (Å²) >= 11 is 0. The van der Waals surface area contributed by atoms with Crippen molar-refractivity contribution in [1.82, 2.24) is 4.90 Å². The van der Waals surface area contributed by atoms with Crippen molar-refractivity contribution in [2.24, 2.45) is 5.73 Å². The van der Waals surface area contributed by atoms with Crippen LogP contribution in [0.5, 0.6) is 0 Å². The van der Waals surface area contributed by atoms with Crippen LogP contribution in [0.1, 0.15) is 52.4 Å². The van der Waals surface area contributed by atoms with E-state index in [0.717, 1.165) is 25.9 Å². The predicted molar refractivity (Wildman–Crippen MR) is 64.7 cm³/mol. The van der Waals surface area contributed by atoms with Crippen LogP contribution in [0.4, 0.5) is 0 Å². The van der Waals surface area contributed by atoms with E-state index >= 15 is 0 Å². The molecule has 90 valence electrons. The van der Waals surface area contributed by atoms with Gasteiger partial charge in [0.15, 0.2) is 0 Å². The van der Waals surface area contributed by atoms with Gasteiger partial charge in [-0.25, -0.2) is 0 Å². The number of carbonyl (C=O) groups is 1. The fourth-order valence-electron chi connectivity index (χ4n) is 1.60. The molecule has 0 aliphatic carbocycles. The Balaban J connectivity index is 3.79. The van der Waals surface area contributed by atoms with Crippen LogP contribution in [0.3, 0.4) is 0 Å². The van der Waals surface area contributed by atoms with Gasteiger partial charge in [-0.2, -0.15) is 0 Å². The number of amides is 1. The van der Waals surface area contributed by atoms with Gasteiger partial charge in [0, 0.05) is 13.1 Å². The largest absolute Gasteiger partial charge is 0.342 e. The maximum absolute atomic E-state index is 11.5. The molecule has 0 radical (unpaired) electrons. The first-order valence-corrected chi connectivity index (χ1v) is 6.24. The summed E-state index contributed by atoms with van der Waals surface area (Å²) in [6, 6.07) is 0. The van der Waals surface area contributed by atoms with E-state index in [1.54, 1.807) is 0 Å². The van der Waals surface area contributed by atoms with Crippen LogP contribution in [-0.4, -0.2) is 30.4 Å². The Morgan fingerprint density at radius 1 is 1.00 bits per heavy atom. The highest BCUT2D eigenvalue weighted by Crippen LogP contribution is 2.02. The summed E-state index contributed by atoms with van der Waals surface area (Å²) in [5.74, 6) is 0.0993. The predicted octanol–water partition coefficient (Wildman–Crippen LogP) is 2.15. The van der Waals surface area contributed by atoms with E-state index in [1.807, 2.05) is 4.90 Å². The zero-order valence-corrected chi connectivity index (χ0v) is 10.3. The van der Waals surface area contributed by atoms with Crippen molar-refractivity contribution in [1.29, 1.82) is 0 Å². The average Bonchev–Trinajstić information content (AvgIpc) is 2.26. The molecule has 2 N–H and O–H groups in total. The molecular weight excluding hydrogens is 188 g/mol.